The Kier molecular flexibility index (Phi) is 5.37. The van der Waals surface area contributed by atoms with Crippen molar-refractivity contribution in [1.29, 1.82) is 0 Å². The first-order valence-corrected chi connectivity index (χ1v) is 8.10. The molecule has 0 radical (unpaired) electrons. The lowest BCUT2D eigenvalue weighted by atomic mass is 10.0. The van der Waals surface area contributed by atoms with Crippen molar-refractivity contribution in [3.8, 4) is 0 Å². The van der Waals surface area contributed by atoms with Gasteiger partial charge in [-0.15, -0.1) is 0 Å². The van der Waals surface area contributed by atoms with Gasteiger partial charge in [0.2, 0.25) is 0 Å². The highest BCUT2D eigenvalue weighted by Gasteiger charge is 2.21. The van der Waals surface area contributed by atoms with E-state index < -0.39 is 0 Å². The Morgan fingerprint density at radius 1 is 1.35 bits per heavy atom. The Labute approximate surface area is 136 Å². The van der Waals surface area contributed by atoms with Crippen molar-refractivity contribution in [1.82, 2.24) is 15.2 Å². The molecule has 4 nitrogen and oxygen atoms in total. The van der Waals surface area contributed by atoms with Crippen LogP contribution in [0, 0.1) is 6.92 Å². The maximum Gasteiger partial charge on any atom is 0.0890 e. The molecule has 0 aliphatic rings. The summed E-state index contributed by atoms with van der Waals surface area (Å²) >= 11 is 7.14. The highest BCUT2D eigenvalue weighted by atomic mass is 79.9. The third-order valence-corrected chi connectivity index (χ3v) is 4.70. The van der Waals surface area contributed by atoms with E-state index in [0.29, 0.717) is 0 Å². The number of aromatic nitrogens is 2. The van der Waals surface area contributed by atoms with Gasteiger partial charge in [-0.2, -0.15) is 5.10 Å². The van der Waals surface area contributed by atoms with Gasteiger partial charge >= 0.3 is 0 Å². The number of nitrogens with two attached hydrogens (primary N) is 1. The average Bonchev–Trinajstić information content (AvgIpc) is 2.77. The molecule has 0 saturated heterocycles. The zero-order valence-corrected chi connectivity index (χ0v) is 14.7. The van der Waals surface area contributed by atoms with Crippen LogP contribution in [0.1, 0.15) is 36.2 Å². The molecule has 0 aliphatic heterocycles. The van der Waals surface area contributed by atoms with Crippen LogP contribution in [0.15, 0.2) is 33.3 Å². The Balaban J connectivity index is 2.46. The molecule has 0 spiro atoms. The van der Waals surface area contributed by atoms with Crippen molar-refractivity contribution in [3.05, 3.63) is 50.2 Å². The minimum Gasteiger partial charge on any atom is -0.271 e. The molecule has 2 aromatic rings. The lowest BCUT2D eigenvalue weighted by molar-refractivity contribution is 0.519. The first-order valence-electron chi connectivity index (χ1n) is 6.51. The SMILES string of the molecule is CCCn1ncc(Br)c1C(NN)c1ccc(C)c(Br)c1. The molecule has 1 heterocycles. The van der Waals surface area contributed by atoms with E-state index in [1.165, 1.54) is 5.56 Å². The van der Waals surface area contributed by atoms with Gasteiger partial charge in [-0.05, 0) is 46.5 Å². The van der Waals surface area contributed by atoms with E-state index in [9.17, 15) is 0 Å². The molecule has 1 aromatic heterocycles. The fraction of sp³-hybridized carbons (Fsp3) is 0.357. The van der Waals surface area contributed by atoms with Crippen LogP contribution in [-0.2, 0) is 6.54 Å². The molecular formula is C14H18Br2N4. The molecule has 6 heteroatoms. The normalized spacial score (nSPS) is 12.7. The molecule has 0 amide bonds. The number of rotatable bonds is 5. The molecule has 20 heavy (non-hydrogen) atoms. The summed E-state index contributed by atoms with van der Waals surface area (Å²) in [6.45, 7) is 5.06. The zero-order chi connectivity index (χ0) is 14.7. The van der Waals surface area contributed by atoms with Gasteiger partial charge in [-0.25, -0.2) is 5.43 Å². The second-order valence-electron chi connectivity index (χ2n) is 4.71. The summed E-state index contributed by atoms with van der Waals surface area (Å²) in [4.78, 5) is 0. The smallest absolute Gasteiger partial charge is 0.0890 e. The van der Waals surface area contributed by atoms with Gasteiger partial charge in [-0.1, -0.05) is 35.0 Å². The van der Waals surface area contributed by atoms with E-state index in [2.05, 4.69) is 74.4 Å². The van der Waals surface area contributed by atoms with Crippen molar-refractivity contribution >= 4 is 31.9 Å². The first kappa shape index (κ1) is 15.7. The molecule has 1 atom stereocenters. The number of hydrazine groups is 1. The van der Waals surface area contributed by atoms with Crippen LogP contribution in [0.25, 0.3) is 0 Å². The summed E-state index contributed by atoms with van der Waals surface area (Å²) in [6, 6.07) is 6.16. The van der Waals surface area contributed by atoms with Crippen molar-refractivity contribution < 1.29 is 0 Å². The van der Waals surface area contributed by atoms with Crippen LogP contribution >= 0.6 is 31.9 Å². The molecule has 1 aromatic carbocycles. The zero-order valence-electron chi connectivity index (χ0n) is 11.5. The van der Waals surface area contributed by atoms with Gasteiger partial charge in [0, 0.05) is 11.0 Å². The fourth-order valence-corrected chi connectivity index (χ4v) is 3.09. The Hall–Kier alpha value is -0.690. The topological polar surface area (TPSA) is 55.9 Å². The van der Waals surface area contributed by atoms with Crippen molar-refractivity contribution in [2.24, 2.45) is 5.84 Å². The third-order valence-electron chi connectivity index (χ3n) is 3.24. The lowest BCUT2D eigenvalue weighted by Crippen LogP contribution is -2.31. The van der Waals surface area contributed by atoms with E-state index in [1.54, 1.807) is 0 Å². The molecule has 1 unspecified atom stereocenters. The molecule has 3 N–H and O–H groups in total. The standard InChI is InChI=1S/C14H18Br2N4/c1-3-6-20-14(12(16)8-18-20)13(19-17)10-5-4-9(2)11(15)7-10/h4-5,7-8,13,19H,3,6,17H2,1-2H3. The lowest BCUT2D eigenvalue weighted by Gasteiger charge is -2.19. The monoisotopic (exact) mass is 400 g/mol. The summed E-state index contributed by atoms with van der Waals surface area (Å²) in [7, 11) is 0. The summed E-state index contributed by atoms with van der Waals surface area (Å²) in [6.07, 6.45) is 2.84. The summed E-state index contributed by atoms with van der Waals surface area (Å²) in [5.41, 5.74) is 6.24. The summed E-state index contributed by atoms with van der Waals surface area (Å²) in [5.74, 6) is 5.79. The number of aryl methyl sites for hydroxylation is 2. The van der Waals surface area contributed by atoms with E-state index in [0.717, 1.165) is 33.2 Å². The van der Waals surface area contributed by atoms with Crippen molar-refractivity contribution in [3.63, 3.8) is 0 Å². The molecular weight excluding hydrogens is 384 g/mol. The number of nitrogens with zero attached hydrogens (tertiary/aromatic N) is 2. The van der Waals surface area contributed by atoms with Crippen LogP contribution in [0.4, 0.5) is 0 Å². The number of nitrogens with one attached hydrogen (secondary N) is 1. The molecule has 108 valence electrons. The molecule has 0 aliphatic carbocycles. The van der Waals surface area contributed by atoms with E-state index >= 15 is 0 Å². The predicted octanol–water partition coefficient (Wildman–Crippen LogP) is 3.68. The van der Waals surface area contributed by atoms with E-state index in [1.807, 2.05) is 10.9 Å². The minimum absolute atomic E-state index is 0.102. The predicted molar refractivity (Wildman–Crippen MR) is 88.3 cm³/mol. The Morgan fingerprint density at radius 2 is 2.10 bits per heavy atom. The number of hydrogen-bond acceptors (Lipinski definition) is 3. The average molecular weight is 402 g/mol. The van der Waals surface area contributed by atoms with Crippen LogP contribution in [0.5, 0.6) is 0 Å². The van der Waals surface area contributed by atoms with Crippen molar-refractivity contribution in [2.75, 3.05) is 0 Å². The maximum atomic E-state index is 5.79. The van der Waals surface area contributed by atoms with Gasteiger partial charge in [0.05, 0.1) is 22.4 Å². The van der Waals surface area contributed by atoms with E-state index in [-0.39, 0.29) is 6.04 Å². The molecule has 0 saturated carbocycles. The highest BCUT2D eigenvalue weighted by molar-refractivity contribution is 9.10. The summed E-state index contributed by atoms with van der Waals surface area (Å²) in [5, 5.41) is 4.40. The second kappa shape index (κ2) is 6.85. The first-order chi connectivity index (χ1) is 9.58. The fourth-order valence-electron chi connectivity index (χ4n) is 2.17. The number of benzene rings is 1. The summed E-state index contributed by atoms with van der Waals surface area (Å²) < 4.78 is 4.03. The van der Waals surface area contributed by atoms with Gasteiger partial charge in [0.15, 0.2) is 0 Å². The van der Waals surface area contributed by atoms with Gasteiger partial charge in [-0.3, -0.25) is 10.5 Å². The molecule has 2 rings (SSSR count). The molecule has 0 fully saturated rings. The Morgan fingerprint density at radius 3 is 2.70 bits per heavy atom. The third kappa shape index (κ3) is 3.14. The minimum atomic E-state index is -0.102. The maximum absolute atomic E-state index is 5.79. The number of hydrogen-bond donors (Lipinski definition) is 2. The largest absolute Gasteiger partial charge is 0.271 e. The second-order valence-corrected chi connectivity index (χ2v) is 6.42. The van der Waals surface area contributed by atoms with E-state index in [4.69, 9.17) is 5.84 Å². The van der Waals surface area contributed by atoms with Gasteiger partial charge in [0.1, 0.15) is 0 Å². The van der Waals surface area contributed by atoms with Crippen LogP contribution in [0.3, 0.4) is 0 Å². The van der Waals surface area contributed by atoms with Gasteiger partial charge < -0.3 is 0 Å². The molecule has 0 bridgehead atoms. The highest BCUT2D eigenvalue weighted by Crippen LogP contribution is 2.30. The Bertz CT molecular complexity index is 595. The number of halogens is 2. The van der Waals surface area contributed by atoms with Gasteiger partial charge in [0.25, 0.3) is 0 Å². The quantitative estimate of drug-likeness (QED) is 0.593. The van der Waals surface area contributed by atoms with Crippen molar-refractivity contribution in [2.45, 2.75) is 32.9 Å². The van der Waals surface area contributed by atoms with Crippen LogP contribution < -0.4 is 11.3 Å². The van der Waals surface area contributed by atoms with Crippen LogP contribution in [-0.4, -0.2) is 9.78 Å². The van der Waals surface area contributed by atoms with Crippen LogP contribution in [0.2, 0.25) is 0 Å².